The minimum Gasteiger partial charge on any atom is -0.508 e. The van der Waals surface area contributed by atoms with Crippen LogP contribution in [0.3, 0.4) is 0 Å². The summed E-state index contributed by atoms with van der Waals surface area (Å²) in [7, 11) is 0. The Morgan fingerprint density at radius 1 is 1.19 bits per heavy atom. The molecule has 0 aliphatic carbocycles. The lowest BCUT2D eigenvalue weighted by molar-refractivity contribution is -0.121. The summed E-state index contributed by atoms with van der Waals surface area (Å²) in [5, 5.41) is 13.4. The van der Waals surface area contributed by atoms with Crippen molar-refractivity contribution in [2.45, 2.75) is 32.7 Å². The number of hydrogen-bond donors (Lipinski definition) is 2. The van der Waals surface area contributed by atoms with Crippen molar-refractivity contribution in [3.05, 3.63) is 58.9 Å². The number of carbonyl (C=O) groups excluding carboxylic acids is 1. The van der Waals surface area contributed by atoms with Gasteiger partial charge in [0.2, 0.25) is 5.91 Å². The van der Waals surface area contributed by atoms with Gasteiger partial charge in [-0.15, -0.1) is 0 Å². The second-order valence-electron chi connectivity index (χ2n) is 7.48. The molecule has 4 nitrogen and oxygen atoms in total. The number of nitrogens with zero attached hydrogens (tertiary/aromatic N) is 1. The van der Waals surface area contributed by atoms with E-state index in [1.165, 1.54) is 12.1 Å². The van der Waals surface area contributed by atoms with Gasteiger partial charge in [0.15, 0.2) is 0 Å². The van der Waals surface area contributed by atoms with E-state index in [9.17, 15) is 14.3 Å². The minimum absolute atomic E-state index is 0.00908. The van der Waals surface area contributed by atoms with Crippen molar-refractivity contribution in [3.8, 4) is 17.0 Å². The molecule has 2 aromatic carbocycles. The Kier molecular flexibility index (Phi) is 5.07. The van der Waals surface area contributed by atoms with E-state index in [0.29, 0.717) is 27.7 Å². The summed E-state index contributed by atoms with van der Waals surface area (Å²) in [6, 6.07) is 11.0. The van der Waals surface area contributed by atoms with Gasteiger partial charge in [0.05, 0.1) is 22.7 Å². The van der Waals surface area contributed by atoms with E-state index in [1.54, 1.807) is 24.3 Å². The molecule has 3 aromatic rings. The average Bonchev–Trinajstić information content (AvgIpc) is 2.55. The summed E-state index contributed by atoms with van der Waals surface area (Å²) >= 11 is 5.93. The van der Waals surface area contributed by atoms with Gasteiger partial charge in [0, 0.05) is 16.5 Å². The van der Waals surface area contributed by atoms with Gasteiger partial charge in [-0.1, -0.05) is 11.6 Å². The van der Waals surface area contributed by atoms with Crippen LogP contribution in [0.1, 0.15) is 26.3 Å². The molecule has 3 rings (SSSR count). The standard InChI is InChI=1S/C21H20ClFN2O2/c1-21(2,3)25-19(27)11-14-8-13-9-15(26)5-7-18(13)24-20(14)12-4-6-17(23)16(22)10-12/h4-10,26H,11H2,1-3H3,(H,25,27). The first-order chi connectivity index (χ1) is 12.6. The molecule has 0 fully saturated rings. The Balaban J connectivity index is 2.12. The summed E-state index contributed by atoms with van der Waals surface area (Å²) in [5.74, 6) is -0.552. The highest BCUT2D eigenvalue weighted by atomic mass is 35.5. The van der Waals surface area contributed by atoms with Gasteiger partial charge in [0.1, 0.15) is 11.6 Å². The number of amides is 1. The fraction of sp³-hybridized carbons (Fsp3) is 0.238. The lowest BCUT2D eigenvalue weighted by atomic mass is 9.99. The van der Waals surface area contributed by atoms with E-state index in [0.717, 1.165) is 0 Å². The molecule has 140 valence electrons. The third-order valence-corrected chi connectivity index (χ3v) is 4.23. The molecular weight excluding hydrogens is 367 g/mol. The van der Waals surface area contributed by atoms with E-state index in [1.807, 2.05) is 26.8 Å². The Bertz CT molecular complexity index is 1030. The fourth-order valence-electron chi connectivity index (χ4n) is 2.87. The van der Waals surface area contributed by atoms with Crippen LogP contribution in [0.2, 0.25) is 5.02 Å². The number of pyridine rings is 1. The Labute approximate surface area is 162 Å². The summed E-state index contributed by atoms with van der Waals surface area (Å²) in [6.07, 6.45) is 0.0974. The van der Waals surface area contributed by atoms with Crippen LogP contribution in [0.25, 0.3) is 22.2 Å². The molecule has 0 unspecified atom stereocenters. The Morgan fingerprint density at radius 2 is 1.93 bits per heavy atom. The first-order valence-electron chi connectivity index (χ1n) is 8.51. The maximum Gasteiger partial charge on any atom is 0.224 e. The number of aromatic nitrogens is 1. The van der Waals surface area contributed by atoms with E-state index in [4.69, 9.17) is 11.6 Å². The maximum atomic E-state index is 13.6. The van der Waals surface area contributed by atoms with Gasteiger partial charge in [0.25, 0.3) is 0 Å². The smallest absolute Gasteiger partial charge is 0.224 e. The van der Waals surface area contributed by atoms with E-state index in [-0.39, 0.29) is 28.6 Å². The van der Waals surface area contributed by atoms with Gasteiger partial charge in [-0.3, -0.25) is 4.79 Å². The molecule has 1 amide bonds. The number of halogens is 2. The molecule has 27 heavy (non-hydrogen) atoms. The molecule has 1 heterocycles. The summed E-state index contributed by atoms with van der Waals surface area (Å²) in [6.45, 7) is 5.71. The van der Waals surface area contributed by atoms with Crippen molar-refractivity contribution in [3.63, 3.8) is 0 Å². The zero-order valence-corrected chi connectivity index (χ0v) is 16.1. The quantitative estimate of drug-likeness (QED) is 0.675. The van der Waals surface area contributed by atoms with Crippen LogP contribution in [0.4, 0.5) is 4.39 Å². The SMILES string of the molecule is CC(C)(C)NC(=O)Cc1cc2cc(O)ccc2nc1-c1ccc(F)c(Cl)c1. The molecule has 1 aromatic heterocycles. The molecule has 0 saturated carbocycles. The zero-order valence-electron chi connectivity index (χ0n) is 15.3. The Hall–Kier alpha value is -2.66. The predicted octanol–water partition coefficient (Wildman–Crippen LogP) is 4.86. The van der Waals surface area contributed by atoms with Crippen LogP contribution in [0, 0.1) is 5.82 Å². The topological polar surface area (TPSA) is 62.2 Å². The zero-order chi connectivity index (χ0) is 19.8. The second kappa shape index (κ2) is 7.16. The average molecular weight is 387 g/mol. The molecule has 0 atom stereocenters. The van der Waals surface area contributed by atoms with Crippen LogP contribution in [0.15, 0.2) is 42.5 Å². The number of aromatic hydroxyl groups is 1. The number of nitrogens with one attached hydrogen (secondary N) is 1. The van der Waals surface area contributed by atoms with Crippen LogP contribution in [-0.4, -0.2) is 21.5 Å². The summed E-state index contributed by atoms with van der Waals surface area (Å²) in [5.41, 5.74) is 2.13. The first-order valence-corrected chi connectivity index (χ1v) is 8.89. The normalized spacial score (nSPS) is 11.6. The van der Waals surface area contributed by atoms with Gasteiger partial charge in [-0.2, -0.15) is 0 Å². The molecule has 0 aliphatic heterocycles. The highest BCUT2D eigenvalue weighted by Crippen LogP contribution is 2.30. The number of carbonyl (C=O) groups is 1. The van der Waals surface area contributed by atoms with Crippen LogP contribution < -0.4 is 5.32 Å². The molecule has 0 bridgehead atoms. The third kappa shape index (κ3) is 4.55. The third-order valence-electron chi connectivity index (χ3n) is 3.94. The minimum atomic E-state index is -0.516. The molecule has 0 aliphatic rings. The predicted molar refractivity (Wildman–Crippen MR) is 105 cm³/mol. The number of rotatable bonds is 3. The van der Waals surface area contributed by atoms with Gasteiger partial charge in [-0.05, 0) is 68.8 Å². The monoisotopic (exact) mass is 386 g/mol. The lowest BCUT2D eigenvalue weighted by Crippen LogP contribution is -2.41. The van der Waals surface area contributed by atoms with Crippen molar-refractivity contribution >= 4 is 28.4 Å². The van der Waals surface area contributed by atoms with Gasteiger partial charge < -0.3 is 10.4 Å². The van der Waals surface area contributed by atoms with Crippen LogP contribution in [-0.2, 0) is 11.2 Å². The molecule has 6 heteroatoms. The Morgan fingerprint density at radius 3 is 2.59 bits per heavy atom. The van der Waals surface area contributed by atoms with Crippen LogP contribution >= 0.6 is 11.6 Å². The molecule has 0 saturated heterocycles. The van der Waals surface area contributed by atoms with E-state index < -0.39 is 5.82 Å². The summed E-state index contributed by atoms with van der Waals surface area (Å²) < 4.78 is 13.6. The van der Waals surface area contributed by atoms with Crippen LogP contribution in [0.5, 0.6) is 5.75 Å². The molecule has 0 radical (unpaired) electrons. The van der Waals surface area contributed by atoms with Gasteiger partial charge >= 0.3 is 0 Å². The van der Waals surface area contributed by atoms with E-state index in [2.05, 4.69) is 10.3 Å². The second-order valence-corrected chi connectivity index (χ2v) is 7.88. The number of hydrogen-bond acceptors (Lipinski definition) is 3. The maximum absolute atomic E-state index is 13.6. The summed E-state index contributed by atoms with van der Waals surface area (Å²) in [4.78, 5) is 17.1. The number of fused-ring (bicyclic) bond motifs is 1. The van der Waals surface area contributed by atoms with Crippen molar-refractivity contribution < 1.29 is 14.3 Å². The van der Waals surface area contributed by atoms with Crippen molar-refractivity contribution in [2.24, 2.45) is 0 Å². The highest BCUT2D eigenvalue weighted by molar-refractivity contribution is 6.31. The number of benzene rings is 2. The molecular formula is C21H20ClFN2O2. The van der Waals surface area contributed by atoms with Crippen molar-refractivity contribution in [1.82, 2.24) is 10.3 Å². The molecule has 2 N–H and O–H groups in total. The molecule has 0 spiro atoms. The van der Waals surface area contributed by atoms with Crippen molar-refractivity contribution in [1.29, 1.82) is 0 Å². The van der Waals surface area contributed by atoms with E-state index >= 15 is 0 Å². The highest BCUT2D eigenvalue weighted by Gasteiger charge is 2.18. The largest absolute Gasteiger partial charge is 0.508 e. The van der Waals surface area contributed by atoms with Gasteiger partial charge in [-0.25, -0.2) is 9.37 Å². The fourth-order valence-corrected chi connectivity index (χ4v) is 3.05. The number of phenols is 1. The first kappa shape index (κ1) is 19.1. The number of phenolic OH excluding ortho intramolecular Hbond substituents is 1. The lowest BCUT2D eigenvalue weighted by Gasteiger charge is -2.21. The van der Waals surface area contributed by atoms with Crippen molar-refractivity contribution in [2.75, 3.05) is 0 Å².